The lowest BCUT2D eigenvalue weighted by Crippen LogP contribution is -1.66. The van der Waals surface area contributed by atoms with Crippen molar-refractivity contribution in [3.05, 3.63) is 24.1 Å². The molecule has 2 rings (SSSR count). The average Bonchev–Trinajstić information content (AvgIpc) is 2.15. The van der Waals surface area contributed by atoms with Gasteiger partial charge in [0.05, 0.1) is 6.20 Å². The van der Waals surface area contributed by atoms with Gasteiger partial charge in [-0.15, -0.1) is 11.3 Å². The molecular formula is C5H2N2S. The van der Waals surface area contributed by atoms with Crippen molar-refractivity contribution in [2.45, 2.75) is 0 Å². The standard InChI is InChI=1S/C5H2N2S/c1-2-8-5-3-6-4-7(1)5/h2,4H. The van der Waals surface area contributed by atoms with Crippen molar-refractivity contribution in [2.75, 3.05) is 0 Å². The highest BCUT2D eigenvalue weighted by atomic mass is 32.1. The Kier molecular flexibility index (Phi) is 0.676. The Bertz CT molecular complexity index is 232. The highest BCUT2D eigenvalue weighted by molar-refractivity contribution is 7.15. The Labute approximate surface area is 50.4 Å². The summed E-state index contributed by atoms with van der Waals surface area (Å²) < 4.78 is 1.81. The van der Waals surface area contributed by atoms with Crippen LogP contribution in [0.4, 0.5) is 0 Å². The molecule has 0 unspecified atom stereocenters. The summed E-state index contributed by atoms with van der Waals surface area (Å²) in [7, 11) is 0. The third-order valence-corrected chi connectivity index (χ3v) is 1.65. The number of imidazole rings is 1. The van der Waals surface area contributed by atoms with Crippen LogP contribution in [0.5, 0.6) is 0 Å². The molecule has 8 heavy (non-hydrogen) atoms. The second-order valence-electron chi connectivity index (χ2n) is 1.40. The summed E-state index contributed by atoms with van der Waals surface area (Å²) in [6.07, 6.45) is 7.43. The van der Waals surface area contributed by atoms with E-state index in [0.29, 0.717) is 0 Å². The lowest BCUT2D eigenvalue weighted by atomic mass is 10.9. The lowest BCUT2D eigenvalue weighted by Gasteiger charge is -1.69. The van der Waals surface area contributed by atoms with Crippen molar-refractivity contribution < 1.29 is 0 Å². The third-order valence-electron chi connectivity index (χ3n) is 0.915. The SMILES string of the molecule is [c]1ncn2[c]csc12. The van der Waals surface area contributed by atoms with Crippen molar-refractivity contribution in [3.8, 4) is 0 Å². The molecule has 2 heterocycles. The molecular weight excluding hydrogens is 120 g/mol. The minimum atomic E-state index is 1.02. The Hall–Kier alpha value is -0.830. The van der Waals surface area contributed by atoms with Gasteiger partial charge in [-0.1, -0.05) is 0 Å². The fraction of sp³-hybridized carbons (Fsp3) is 0. The Morgan fingerprint density at radius 1 is 1.75 bits per heavy atom. The van der Waals surface area contributed by atoms with E-state index in [4.69, 9.17) is 0 Å². The maximum Gasteiger partial charge on any atom is 0.129 e. The maximum absolute atomic E-state index is 3.78. The zero-order chi connectivity index (χ0) is 5.40. The fourth-order valence-corrected chi connectivity index (χ4v) is 1.16. The molecule has 0 aromatic carbocycles. The number of fused-ring (bicyclic) bond motifs is 1. The molecule has 0 N–H and O–H groups in total. The Balaban J connectivity index is 3.06. The second kappa shape index (κ2) is 1.32. The first-order chi connectivity index (χ1) is 3.97. The third kappa shape index (κ3) is 0.391. The van der Waals surface area contributed by atoms with Gasteiger partial charge in [0.15, 0.2) is 0 Å². The van der Waals surface area contributed by atoms with E-state index in [2.05, 4.69) is 17.4 Å². The summed E-state index contributed by atoms with van der Waals surface area (Å²) in [4.78, 5) is 4.80. The van der Waals surface area contributed by atoms with Gasteiger partial charge in [-0.2, -0.15) is 0 Å². The molecule has 0 amide bonds. The molecule has 3 heteroatoms. The van der Waals surface area contributed by atoms with E-state index in [1.165, 1.54) is 0 Å². The average molecular weight is 122 g/mol. The van der Waals surface area contributed by atoms with Crippen LogP contribution in [0.1, 0.15) is 0 Å². The van der Waals surface area contributed by atoms with Crippen LogP contribution in [0.15, 0.2) is 11.7 Å². The van der Waals surface area contributed by atoms with Crippen molar-refractivity contribution >= 4 is 16.2 Å². The highest BCUT2D eigenvalue weighted by Crippen LogP contribution is 2.06. The molecule has 2 aromatic heterocycles. The monoisotopic (exact) mass is 122 g/mol. The predicted molar refractivity (Wildman–Crippen MR) is 30.7 cm³/mol. The Morgan fingerprint density at radius 3 is 3.62 bits per heavy atom. The molecule has 0 saturated carbocycles. The number of hydrogen-bond acceptors (Lipinski definition) is 2. The van der Waals surface area contributed by atoms with Crippen LogP contribution in [0.2, 0.25) is 0 Å². The topological polar surface area (TPSA) is 17.3 Å². The van der Waals surface area contributed by atoms with Crippen LogP contribution in [-0.4, -0.2) is 9.38 Å². The summed E-state index contributed by atoms with van der Waals surface area (Å²) in [5.41, 5.74) is 0. The minimum Gasteiger partial charge on any atom is -0.287 e. The van der Waals surface area contributed by atoms with E-state index in [-0.39, 0.29) is 0 Å². The van der Waals surface area contributed by atoms with Crippen LogP contribution >= 0.6 is 11.3 Å². The highest BCUT2D eigenvalue weighted by Gasteiger charge is 1.90. The van der Waals surface area contributed by atoms with Gasteiger partial charge in [0.2, 0.25) is 0 Å². The van der Waals surface area contributed by atoms with Crippen LogP contribution in [0, 0.1) is 12.4 Å². The molecule has 0 aliphatic rings. The lowest BCUT2D eigenvalue weighted by molar-refractivity contribution is 1.17. The molecule has 2 radical (unpaired) electrons. The van der Waals surface area contributed by atoms with Crippen LogP contribution in [-0.2, 0) is 0 Å². The number of thiazole rings is 1. The zero-order valence-corrected chi connectivity index (χ0v) is 4.77. The first kappa shape index (κ1) is 4.09. The first-order valence-corrected chi connectivity index (χ1v) is 3.05. The smallest absolute Gasteiger partial charge is 0.129 e. The van der Waals surface area contributed by atoms with Gasteiger partial charge in [0.1, 0.15) is 17.4 Å². The molecule has 0 aliphatic carbocycles. The molecule has 0 atom stereocenters. The van der Waals surface area contributed by atoms with Crippen molar-refractivity contribution in [3.63, 3.8) is 0 Å². The van der Waals surface area contributed by atoms with E-state index >= 15 is 0 Å². The van der Waals surface area contributed by atoms with Crippen LogP contribution < -0.4 is 0 Å². The summed E-state index contributed by atoms with van der Waals surface area (Å²) >= 11 is 1.58. The molecule has 0 spiro atoms. The van der Waals surface area contributed by atoms with Gasteiger partial charge in [0, 0.05) is 5.38 Å². The maximum atomic E-state index is 3.78. The number of hydrogen-bond donors (Lipinski definition) is 0. The molecule has 0 bridgehead atoms. The summed E-state index contributed by atoms with van der Waals surface area (Å²) in [6.45, 7) is 0. The van der Waals surface area contributed by atoms with Gasteiger partial charge in [-0.3, -0.25) is 4.40 Å². The molecule has 0 aliphatic heterocycles. The first-order valence-electron chi connectivity index (χ1n) is 2.17. The van der Waals surface area contributed by atoms with Crippen LogP contribution in [0.3, 0.4) is 0 Å². The van der Waals surface area contributed by atoms with Crippen molar-refractivity contribution in [1.29, 1.82) is 0 Å². The normalized spacial score (nSPS) is 10.5. The van der Waals surface area contributed by atoms with Crippen molar-refractivity contribution in [1.82, 2.24) is 9.38 Å². The predicted octanol–water partition coefficient (Wildman–Crippen LogP) is 0.996. The summed E-state index contributed by atoms with van der Waals surface area (Å²) in [5, 5.41) is 1.88. The summed E-state index contributed by atoms with van der Waals surface area (Å²) in [5.74, 6) is 0. The second-order valence-corrected chi connectivity index (χ2v) is 2.25. The van der Waals surface area contributed by atoms with Gasteiger partial charge < -0.3 is 0 Å². The number of aromatic nitrogens is 2. The van der Waals surface area contributed by atoms with E-state index < -0.39 is 0 Å². The zero-order valence-electron chi connectivity index (χ0n) is 3.96. The number of nitrogens with zero attached hydrogens (tertiary/aromatic N) is 2. The van der Waals surface area contributed by atoms with Crippen LogP contribution in [0.25, 0.3) is 4.83 Å². The van der Waals surface area contributed by atoms with Gasteiger partial charge in [-0.05, 0) is 0 Å². The quantitative estimate of drug-likeness (QED) is 0.509. The molecule has 2 nitrogen and oxygen atoms in total. The van der Waals surface area contributed by atoms with Crippen molar-refractivity contribution in [2.24, 2.45) is 0 Å². The number of rotatable bonds is 0. The van der Waals surface area contributed by atoms with E-state index in [1.807, 2.05) is 9.78 Å². The minimum absolute atomic E-state index is 1.02. The largest absolute Gasteiger partial charge is 0.287 e. The van der Waals surface area contributed by atoms with Gasteiger partial charge >= 0.3 is 0 Å². The van der Waals surface area contributed by atoms with E-state index in [1.54, 1.807) is 17.7 Å². The summed E-state index contributed by atoms with van der Waals surface area (Å²) in [6, 6.07) is 0. The molecule has 38 valence electrons. The van der Waals surface area contributed by atoms with Gasteiger partial charge in [-0.25, -0.2) is 4.98 Å². The van der Waals surface area contributed by atoms with Gasteiger partial charge in [0.25, 0.3) is 0 Å². The van der Waals surface area contributed by atoms with E-state index in [0.717, 1.165) is 4.83 Å². The fourth-order valence-electron chi connectivity index (χ4n) is 0.562. The molecule has 0 fully saturated rings. The molecule has 2 aromatic rings. The van der Waals surface area contributed by atoms with E-state index in [9.17, 15) is 0 Å². The Morgan fingerprint density at radius 2 is 2.75 bits per heavy atom. The molecule has 0 saturated heterocycles.